The highest BCUT2D eigenvalue weighted by molar-refractivity contribution is 6.34. The lowest BCUT2D eigenvalue weighted by molar-refractivity contribution is 0.0455. The molecule has 1 aliphatic carbocycles. The van der Waals surface area contributed by atoms with E-state index in [1.54, 1.807) is 31.4 Å². The minimum absolute atomic E-state index is 0.0225. The van der Waals surface area contributed by atoms with Crippen LogP contribution in [0.2, 0.25) is 5.02 Å². The molecule has 1 fully saturated rings. The lowest BCUT2D eigenvalue weighted by Crippen LogP contribution is -2.48. The summed E-state index contributed by atoms with van der Waals surface area (Å²) in [5, 5.41) is 6.49. The quantitative estimate of drug-likeness (QED) is 0.353. The van der Waals surface area contributed by atoms with Crippen LogP contribution < -0.4 is 15.4 Å². The van der Waals surface area contributed by atoms with Crippen molar-refractivity contribution in [3.05, 3.63) is 119 Å². The van der Waals surface area contributed by atoms with E-state index in [-0.39, 0.29) is 23.7 Å². The fourth-order valence-corrected chi connectivity index (χ4v) is 6.00. The summed E-state index contributed by atoms with van der Waals surface area (Å²) in [6.45, 7) is 1.83. The molecule has 3 aromatic rings. The van der Waals surface area contributed by atoms with Crippen molar-refractivity contribution in [3.8, 4) is 16.9 Å². The highest BCUT2D eigenvalue weighted by atomic mass is 35.5. The van der Waals surface area contributed by atoms with Gasteiger partial charge in [-0.25, -0.2) is 0 Å². The second-order valence-corrected chi connectivity index (χ2v) is 10.6. The van der Waals surface area contributed by atoms with Crippen LogP contribution in [-0.4, -0.2) is 49.5 Å². The number of amides is 1. The van der Waals surface area contributed by atoms with Crippen LogP contribution in [0.5, 0.6) is 5.75 Å². The number of ether oxygens (including phenoxy) is 2. The number of ketones is 1. The Morgan fingerprint density at radius 2 is 1.88 bits per heavy atom. The number of carbonyl (C=O) groups excluding carboxylic acids is 2. The van der Waals surface area contributed by atoms with Gasteiger partial charge in [-0.1, -0.05) is 54.1 Å². The molecular formula is C33H30ClN3O4. The van der Waals surface area contributed by atoms with E-state index in [9.17, 15) is 9.59 Å². The highest BCUT2D eigenvalue weighted by Crippen LogP contribution is 2.36. The summed E-state index contributed by atoms with van der Waals surface area (Å²) in [4.78, 5) is 29.5. The van der Waals surface area contributed by atoms with Crippen molar-refractivity contribution in [1.82, 2.24) is 10.2 Å². The summed E-state index contributed by atoms with van der Waals surface area (Å²) < 4.78 is 10.9. The van der Waals surface area contributed by atoms with Gasteiger partial charge in [0.2, 0.25) is 0 Å². The molecule has 0 saturated carbocycles. The van der Waals surface area contributed by atoms with E-state index in [1.807, 2.05) is 60.9 Å². The maximum absolute atomic E-state index is 13.9. The Morgan fingerprint density at radius 3 is 2.68 bits per heavy atom. The van der Waals surface area contributed by atoms with Gasteiger partial charge >= 0.3 is 0 Å². The maximum Gasteiger partial charge on any atom is 0.256 e. The Bertz CT molecular complexity index is 1580. The zero-order chi connectivity index (χ0) is 28.3. The molecule has 8 heteroatoms. The van der Waals surface area contributed by atoms with Crippen LogP contribution >= 0.6 is 11.6 Å². The number of benzene rings is 3. The number of hydrogen-bond acceptors (Lipinski definition) is 6. The number of fused-ring (bicyclic) bond motifs is 3. The van der Waals surface area contributed by atoms with Gasteiger partial charge in [-0.15, -0.1) is 0 Å². The van der Waals surface area contributed by atoms with Crippen LogP contribution in [0.15, 0.2) is 103 Å². The molecule has 0 spiro atoms. The third kappa shape index (κ3) is 5.38. The molecule has 1 amide bonds. The van der Waals surface area contributed by atoms with Crippen LogP contribution in [-0.2, 0) is 4.74 Å². The van der Waals surface area contributed by atoms with Crippen LogP contribution in [0.3, 0.4) is 0 Å². The van der Waals surface area contributed by atoms with Crippen LogP contribution in [0.25, 0.3) is 11.1 Å². The number of halogens is 1. The average Bonchev–Trinajstić information content (AvgIpc) is 3.20. The van der Waals surface area contributed by atoms with E-state index in [2.05, 4.69) is 21.6 Å². The average molecular weight is 568 g/mol. The van der Waals surface area contributed by atoms with Gasteiger partial charge in [-0.2, -0.15) is 0 Å². The monoisotopic (exact) mass is 567 g/mol. The summed E-state index contributed by atoms with van der Waals surface area (Å²) in [5.74, 6) is 0.151. The van der Waals surface area contributed by atoms with Gasteiger partial charge < -0.3 is 25.0 Å². The van der Waals surface area contributed by atoms with E-state index in [4.69, 9.17) is 21.1 Å². The first-order chi connectivity index (χ1) is 20.0. The fourth-order valence-electron chi connectivity index (χ4n) is 5.73. The van der Waals surface area contributed by atoms with Crippen LogP contribution in [0.1, 0.15) is 27.1 Å². The summed E-state index contributed by atoms with van der Waals surface area (Å²) in [7, 11) is 1.62. The van der Waals surface area contributed by atoms with Crippen LogP contribution in [0.4, 0.5) is 5.69 Å². The van der Waals surface area contributed by atoms with Crippen molar-refractivity contribution >= 4 is 29.0 Å². The predicted molar refractivity (Wildman–Crippen MR) is 160 cm³/mol. The topological polar surface area (TPSA) is 79.9 Å². The van der Waals surface area contributed by atoms with E-state index < -0.39 is 0 Å². The molecule has 208 valence electrons. The smallest absolute Gasteiger partial charge is 0.256 e. The molecule has 0 radical (unpaired) electrons. The van der Waals surface area contributed by atoms with Gasteiger partial charge in [0.1, 0.15) is 5.75 Å². The molecule has 3 aromatic carbocycles. The van der Waals surface area contributed by atoms with Gasteiger partial charge in [0, 0.05) is 35.8 Å². The minimum atomic E-state index is -0.304. The van der Waals surface area contributed by atoms with Gasteiger partial charge in [-0.3, -0.25) is 9.59 Å². The van der Waals surface area contributed by atoms with Gasteiger partial charge in [0.05, 0.1) is 43.0 Å². The number of nitrogens with zero attached hydrogens (tertiary/aromatic N) is 1. The van der Waals surface area contributed by atoms with Crippen molar-refractivity contribution in [1.29, 1.82) is 0 Å². The fraction of sp³-hybridized carbons (Fsp3) is 0.212. The maximum atomic E-state index is 13.9. The summed E-state index contributed by atoms with van der Waals surface area (Å²) >= 11 is 6.70. The second kappa shape index (κ2) is 11.6. The molecule has 0 aromatic heterocycles. The SMILES string of the molecule is COc1ccc(-c2ccccc2C(=O)Nc2ccc(C(=O)C3CC=CC4=CNC=C5COCCN5C43)c(Cl)c2)cc1. The first kappa shape index (κ1) is 26.9. The van der Waals surface area contributed by atoms with E-state index in [1.165, 1.54) is 0 Å². The first-order valence-corrected chi connectivity index (χ1v) is 14.0. The first-order valence-electron chi connectivity index (χ1n) is 13.6. The number of nitrogens with one attached hydrogen (secondary N) is 2. The lowest BCUT2D eigenvalue weighted by atomic mass is 9.79. The molecule has 41 heavy (non-hydrogen) atoms. The number of Topliss-reactive ketones (excluding diaryl/α,β-unsaturated/α-hetero) is 1. The molecule has 2 N–H and O–H groups in total. The number of allylic oxidation sites excluding steroid dienone is 1. The Labute approximate surface area is 244 Å². The second-order valence-electron chi connectivity index (χ2n) is 10.2. The number of anilines is 1. The third-order valence-corrected chi connectivity index (χ3v) is 8.07. The molecule has 7 nitrogen and oxygen atoms in total. The van der Waals surface area contributed by atoms with E-state index in [0.29, 0.717) is 48.0 Å². The molecule has 2 aliphatic heterocycles. The summed E-state index contributed by atoms with van der Waals surface area (Å²) in [6.07, 6.45) is 8.63. The number of rotatable bonds is 6. The van der Waals surface area contributed by atoms with Crippen molar-refractivity contribution in [2.24, 2.45) is 5.92 Å². The molecule has 2 heterocycles. The van der Waals surface area contributed by atoms with E-state index in [0.717, 1.165) is 28.1 Å². The standard InChI is InChI=1S/C33H30ClN3O4/c1-40-25-12-9-21(10-13-25)26-6-2-3-7-27(26)33(39)36-23-11-14-28(30(34)17-23)32(38)29-8-4-5-22-18-35-19-24-20-41-16-15-37(24)31(22)29/h2-7,9-14,17-19,29,31,35H,8,15-16,20H2,1H3,(H,36,39). The van der Waals surface area contributed by atoms with Crippen molar-refractivity contribution in [2.45, 2.75) is 12.5 Å². The molecular weight excluding hydrogens is 538 g/mol. The Hall–Kier alpha value is -4.33. The molecule has 3 aliphatic rings. The predicted octanol–water partition coefficient (Wildman–Crippen LogP) is 6.06. The molecule has 1 saturated heterocycles. The highest BCUT2D eigenvalue weighted by Gasteiger charge is 2.39. The number of carbonyl (C=O) groups is 2. The zero-order valence-corrected chi connectivity index (χ0v) is 23.4. The van der Waals surface area contributed by atoms with Crippen molar-refractivity contribution in [2.75, 3.05) is 32.2 Å². The minimum Gasteiger partial charge on any atom is -0.497 e. The number of morpholine rings is 1. The molecule has 2 atom stereocenters. The van der Waals surface area contributed by atoms with Crippen LogP contribution in [0, 0.1) is 5.92 Å². The normalized spacial score (nSPS) is 19.5. The zero-order valence-electron chi connectivity index (χ0n) is 22.6. The van der Waals surface area contributed by atoms with Gasteiger partial charge in [0.25, 0.3) is 5.91 Å². The third-order valence-electron chi connectivity index (χ3n) is 7.76. The van der Waals surface area contributed by atoms with E-state index >= 15 is 0 Å². The Balaban J connectivity index is 1.22. The van der Waals surface area contributed by atoms with Crippen molar-refractivity contribution < 1.29 is 19.1 Å². The van der Waals surface area contributed by atoms with Gasteiger partial charge in [0.15, 0.2) is 5.78 Å². The molecule has 6 rings (SSSR count). The summed E-state index contributed by atoms with van der Waals surface area (Å²) in [5.41, 5.74) is 5.27. The summed E-state index contributed by atoms with van der Waals surface area (Å²) in [6, 6.07) is 20.0. The number of hydrogen-bond donors (Lipinski definition) is 2. The Morgan fingerprint density at radius 1 is 1.05 bits per heavy atom. The molecule has 2 unspecified atom stereocenters. The largest absolute Gasteiger partial charge is 0.497 e. The lowest BCUT2D eigenvalue weighted by Gasteiger charge is -2.42. The van der Waals surface area contributed by atoms with Gasteiger partial charge in [-0.05, 0) is 59.5 Å². The van der Waals surface area contributed by atoms with Crippen molar-refractivity contribution in [3.63, 3.8) is 0 Å². The number of methoxy groups -OCH3 is 1. The molecule has 0 bridgehead atoms. The Kier molecular flexibility index (Phi) is 7.63.